The number of nitro groups is 1. The van der Waals surface area contributed by atoms with Crippen molar-refractivity contribution >= 4 is 16.7 Å². The predicted molar refractivity (Wildman–Crippen MR) is 87.1 cm³/mol. The van der Waals surface area contributed by atoms with Crippen molar-refractivity contribution in [1.82, 2.24) is 4.90 Å². The smallest absolute Gasteiger partial charge is 0.269 e. The highest BCUT2D eigenvalue weighted by Gasteiger charge is 2.22. The molecule has 2 aromatic carbocycles. The molecule has 5 heteroatoms. The Labute approximate surface area is 133 Å². The van der Waals surface area contributed by atoms with E-state index < -0.39 is 0 Å². The number of nitro benzene ring substituents is 1. The van der Waals surface area contributed by atoms with Crippen LogP contribution in [0.1, 0.15) is 16.9 Å². The quantitative estimate of drug-likeness (QED) is 0.544. The molecule has 0 bridgehead atoms. The van der Waals surface area contributed by atoms with Gasteiger partial charge < -0.3 is 4.42 Å². The Bertz CT molecular complexity index is 868. The predicted octanol–water partition coefficient (Wildman–Crippen LogP) is 3.90. The lowest BCUT2D eigenvalue weighted by Crippen LogP contribution is -2.29. The molecule has 0 unspecified atom stereocenters. The minimum atomic E-state index is -0.367. The van der Waals surface area contributed by atoms with Gasteiger partial charge in [0.15, 0.2) is 0 Å². The summed E-state index contributed by atoms with van der Waals surface area (Å²) >= 11 is 0. The maximum Gasteiger partial charge on any atom is 0.269 e. The van der Waals surface area contributed by atoms with E-state index in [0.29, 0.717) is 0 Å². The summed E-state index contributed by atoms with van der Waals surface area (Å²) in [5.41, 5.74) is 3.45. The second-order valence-corrected chi connectivity index (χ2v) is 5.88. The minimum absolute atomic E-state index is 0.135. The Morgan fingerprint density at radius 2 is 1.91 bits per heavy atom. The fourth-order valence-electron chi connectivity index (χ4n) is 3.20. The number of hydrogen-bond donors (Lipinski definition) is 0. The van der Waals surface area contributed by atoms with Gasteiger partial charge in [0.2, 0.25) is 0 Å². The first kappa shape index (κ1) is 14.0. The second kappa shape index (κ2) is 5.52. The summed E-state index contributed by atoms with van der Waals surface area (Å²) in [6, 6.07) is 14.9. The van der Waals surface area contributed by atoms with Gasteiger partial charge in [0.1, 0.15) is 11.3 Å². The monoisotopic (exact) mass is 308 g/mol. The molecule has 0 amide bonds. The number of hydrogen-bond acceptors (Lipinski definition) is 4. The van der Waals surface area contributed by atoms with Gasteiger partial charge in [-0.25, -0.2) is 0 Å². The van der Waals surface area contributed by atoms with Gasteiger partial charge in [-0.1, -0.05) is 30.3 Å². The summed E-state index contributed by atoms with van der Waals surface area (Å²) < 4.78 is 5.93. The third kappa shape index (κ3) is 2.59. The van der Waals surface area contributed by atoms with Crippen molar-refractivity contribution < 1.29 is 9.34 Å². The molecule has 23 heavy (non-hydrogen) atoms. The first-order valence-electron chi connectivity index (χ1n) is 7.66. The van der Waals surface area contributed by atoms with Gasteiger partial charge >= 0.3 is 0 Å². The van der Waals surface area contributed by atoms with Crippen LogP contribution in [0.25, 0.3) is 11.0 Å². The van der Waals surface area contributed by atoms with Crippen LogP contribution >= 0.6 is 0 Å². The van der Waals surface area contributed by atoms with Gasteiger partial charge in [0.25, 0.3) is 5.69 Å². The van der Waals surface area contributed by atoms with Gasteiger partial charge in [-0.3, -0.25) is 15.0 Å². The van der Waals surface area contributed by atoms with Crippen LogP contribution in [-0.4, -0.2) is 16.4 Å². The zero-order valence-electron chi connectivity index (χ0n) is 12.6. The van der Waals surface area contributed by atoms with Crippen molar-refractivity contribution in [2.45, 2.75) is 19.5 Å². The minimum Gasteiger partial charge on any atom is -0.461 e. The van der Waals surface area contributed by atoms with Crippen molar-refractivity contribution in [3.05, 3.63) is 75.5 Å². The summed E-state index contributed by atoms with van der Waals surface area (Å²) in [5, 5.41) is 11.9. The fourth-order valence-corrected chi connectivity index (χ4v) is 3.20. The molecule has 0 saturated heterocycles. The van der Waals surface area contributed by atoms with Gasteiger partial charge in [-0.15, -0.1) is 0 Å². The Kier molecular flexibility index (Phi) is 3.35. The van der Waals surface area contributed by atoms with Crippen molar-refractivity contribution in [2.24, 2.45) is 0 Å². The molecule has 0 spiro atoms. The molecule has 0 fully saturated rings. The fraction of sp³-hybridized carbons (Fsp3) is 0.222. The molecule has 0 radical (unpaired) electrons. The van der Waals surface area contributed by atoms with Crippen LogP contribution in [0.3, 0.4) is 0 Å². The van der Waals surface area contributed by atoms with Crippen molar-refractivity contribution in [2.75, 3.05) is 6.54 Å². The lowest BCUT2D eigenvalue weighted by Gasteiger charge is -2.26. The maximum atomic E-state index is 10.7. The molecule has 0 aliphatic carbocycles. The number of furan rings is 1. The van der Waals surface area contributed by atoms with E-state index in [2.05, 4.69) is 11.0 Å². The maximum absolute atomic E-state index is 10.7. The van der Waals surface area contributed by atoms with E-state index in [1.807, 2.05) is 30.3 Å². The zero-order valence-corrected chi connectivity index (χ0v) is 12.6. The molecule has 4 rings (SSSR count). The molecular weight excluding hydrogens is 292 g/mol. The SMILES string of the molecule is O=[N+]([O-])c1ccc(CN2CCc3oc4ccccc4c3C2)cc1. The van der Waals surface area contributed by atoms with Crippen LogP contribution < -0.4 is 0 Å². The van der Waals surface area contributed by atoms with Crippen LogP contribution in [0.15, 0.2) is 52.9 Å². The van der Waals surface area contributed by atoms with Crippen LogP contribution in [0.2, 0.25) is 0 Å². The van der Waals surface area contributed by atoms with E-state index in [1.165, 1.54) is 10.9 Å². The Morgan fingerprint density at radius 1 is 1.13 bits per heavy atom. The topological polar surface area (TPSA) is 59.5 Å². The second-order valence-electron chi connectivity index (χ2n) is 5.88. The van der Waals surface area contributed by atoms with Gasteiger partial charge in [0, 0.05) is 49.1 Å². The highest BCUT2D eigenvalue weighted by atomic mass is 16.6. The van der Waals surface area contributed by atoms with Crippen molar-refractivity contribution in [3.8, 4) is 0 Å². The standard InChI is InChI=1S/C18H16N2O3/c21-20(22)14-7-5-13(6-8-14)11-19-10-9-18-16(12-19)15-3-1-2-4-17(15)23-18/h1-8H,9-12H2. The molecule has 1 aliphatic rings. The van der Waals surface area contributed by atoms with Crippen LogP contribution in [-0.2, 0) is 19.5 Å². The summed E-state index contributed by atoms with van der Waals surface area (Å²) in [6.45, 7) is 2.57. The summed E-state index contributed by atoms with van der Waals surface area (Å²) in [6.07, 6.45) is 0.900. The van der Waals surface area contributed by atoms with E-state index in [-0.39, 0.29) is 10.6 Å². The molecule has 0 saturated carbocycles. The number of rotatable bonds is 3. The Balaban J connectivity index is 1.54. The highest BCUT2D eigenvalue weighted by Crippen LogP contribution is 2.31. The summed E-state index contributed by atoms with van der Waals surface area (Å²) in [7, 11) is 0. The Morgan fingerprint density at radius 3 is 2.70 bits per heavy atom. The molecular formula is C18H16N2O3. The highest BCUT2D eigenvalue weighted by molar-refractivity contribution is 5.82. The van der Waals surface area contributed by atoms with Gasteiger partial charge in [0.05, 0.1) is 4.92 Å². The molecule has 116 valence electrons. The van der Waals surface area contributed by atoms with E-state index in [4.69, 9.17) is 4.42 Å². The molecule has 5 nitrogen and oxygen atoms in total. The summed E-state index contributed by atoms with van der Waals surface area (Å²) in [4.78, 5) is 12.7. The molecule has 1 aliphatic heterocycles. The molecule has 2 heterocycles. The number of benzene rings is 2. The number of nitrogens with zero attached hydrogens (tertiary/aromatic N) is 2. The van der Waals surface area contributed by atoms with E-state index in [0.717, 1.165) is 43.0 Å². The average molecular weight is 308 g/mol. The van der Waals surface area contributed by atoms with Gasteiger partial charge in [-0.2, -0.15) is 0 Å². The molecule has 1 aromatic heterocycles. The molecule has 3 aromatic rings. The molecule has 0 atom stereocenters. The van der Waals surface area contributed by atoms with Crippen LogP contribution in [0, 0.1) is 10.1 Å². The average Bonchev–Trinajstić information content (AvgIpc) is 2.93. The Hall–Kier alpha value is -2.66. The van der Waals surface area contributed by atoms with E-state index >= 15 is 0 Å². The lowest BCUT2D eigenvalue weighted by molar-refractivity contribution is -0.384. The summed E-state index contributed by atoms with van der Waals surface area (Å²) in [5.74, 6) is 1.09. The lowest BCUT2D eigenvalue weighted by atomic mass is 10.0. The first-order chi connectivity index (χ1) is 11.2. The van der Waals surface area contributed by atoms with Gasteiger partial charge in [-0.05, 0) is 11.6 Å². The third-order valence-electron chi connectivity index (χ3n) is 4.37. The van der Waals surface area contributed by atoms with E-state index in [9.17, 15) is 10.1 Å². The van der Waals surface area contributed by atoms with Crippen molar-refractivity contribution in [1.29, 1.82) is 0 Å². The number of para-hydroxylation sites is 1. The van der Waals surface area contributed by atoms with E-state index in [1.54, 1.807) is 12.1 Å². The normalized spacial score (nSPS) is 14.8. The third-order valence-corrected chi connectivity index (χ3v) is 4.37. The number of non-ortho nitro benzene ring substituents is 1. The van der Waals surface area contributed by atoms with Crippen LogP contribution in [0.5, 0.6) is 0 Å². The largest absolute Gasteiger partial charge is 0.461 e. The van der Waals surface area contributed by atoms with Crippen molar-refractivity contribution in [3.63, 3.8) is 0 Å². The molecule has 0 N–H and O–H groups in total. The van der Waals surface area contributed by atoms with Crippen LogP contribution in [0.4, 0.5) is 5.69 Å². The first-order valence-corrected chi connectivity index (χ1v) is 7.66. The zero-order chi connectivity index (χ0) is 15.8. The number of fused-ring (bicyclic) bond motifs is 3.